The quantitative estimate of drug-likeness (QED) is 0.453. The van der Waals surface area contributed by atoms with E-state index < -0.39 is 15.2 Å². The molecule has 0 aliphatic rings. The van der Waals surface area contributed by atoms with Gasteiger partial charge in [-0.1, -0.05) is 4.89 Å². The molecule has 50 valence electrons. The predicted octanol–water partition coefficient (Wildman–Crippen LogP) is -0.337. The van der Waals surface area contributed by atoms with Gasteiger partial charge in [-0.3, -0.25) is 4.84 Å². The molecule has 0 saturated heterocycles. The van der Waals surface area contributed by atoms with E-state index in [9.17, 15) is 8.42 Å². The third kappa shape index (κ3) is 3.20. The van der Waals surface area contributed by atoms with Gasteiger partial charge in [-0.25, -0.2) is 8.42 Å². The lowest BCUT2D eigenvalue weighted by Crippen LogP contribution is -2.22. The summed E-state index contributed by atoms with van der Waals surface area (Å²) in [5.74, 6) is 0. The van der Waals surface area contributed by atoms with E-state index in [-0.39, 0.29) is 0 Å². The van der Waals surface area contributed by atoms with Gasteiger partial charge < -0.3 is 0 Å². The Hall–Kier alpha value is 0.160. The van der Waals surface area contributed by atoms with Gasteiger partial charge in [-0.05, 0) is 0 Å². The Kier molecular flexibility index (Phi) is 3.30. The van der Waals surface area contributed by atoms with E-state index in [2.05, 4.69) is 4.84 Å². The zero-order valence-corrected chi connectivity index (χ0v) is 5.79. The summed E-state index contributed by atoms with van der Waals surface area (Å²) in [6.07, 6.45) is 0. The molecule has 0 unspecified atom stereocenters. The largest absolute Gasteiger partial charge is 0.290 e. The maximum Gasteiger partial charge on any atom is 0.247 e. The van der Waals surface area contributed by atoms with Crippen LogP contribution in [0.25, 0.3) is 0 Å². The van der Waals surface area contributed by atoms with Gasteiger partial charge in [0.1, 0.15) is 5.21 Å². The van der Waals surface area contributed by atoms with Gasteiger partial charge in [-0.15, -0.1) is 11.6 Å². The monoisotopic (exact) mass is 159 g/mol. The lowest BCUT2D eigenvalue weighted by molar-refractivity contribution is 0.154. The first-order valence-corrected chi connectivity index (χ1v) is 3.89. The van der Waals surface area contributed by atoms with E-state index in [1.165, 1.54) is 7.11 Å². The molecule has 0 atom stereocenters. The summed E-state index contributed by atoms with van der Waals surface area (Å²) in [4.78, 5) is 5.79. The lowest BCUT2D eigenvalue weighted by Gasteiger charge is -1.96. The van der Waals surface area contributed by atoms with Crippen molar-refractivity contribution in [3.05, 3.63) is 0 Å². The van der Waals surface area contributed by atoms with E-state index in [1.807, 2.05) is 0 Å². The van der Waals surface area contributed by atoms with E-state index in [0.29, 0.717) is 0 Å². The highest BCUT2D eigenvalue weighted by Crippen LogP contribution is 1.85. The van der Waals surface area contributed by atoms with Crippen LogP contribution in [0.4, 0.5) is 0 Å². The fraction of sp³-hybridized carbons (Fsp3) is 1.00. The maximum absolute atomic E-state index is 10.2. The van der Waals surface area contributed by atoms with Crippen LogP contribution in [-0.2, 0) is 14.9 Å². The summed E-state index contributed by atoms with van der Waals surface area (Å²) in [6, 6.07) is 0. The smallest absolute Gasteiger partial charge is 0.247 e. The van der Waals surface area contributed by atoms with Crippen molar-refractivity contribution in [3.63, 3.8) is 0 Å². The molecule has 0 aromatic carbocycles. The van der Waals surface area contributed by atoms with Gasteiger partial charge in [0.15, 0.2) is 0 Å². The molecular formula is C2H6ClNO3S. The summed E-state index contributed by atoms with van der Waals surface area (Å²) in [7, 11) is -2.18. The SMILES string of the molecule is CONS(=O)(=O)CCl. The molecule has 6 heteroatoms. The minimum absolute atomic E-state index is 0.485. The van der Waals surface area contributed by atoms with Gasteiger partial charge >= 0.3 is 0 Å². The minimum Gasteiger partial charge on any atom is -0.290 e. The Bertz CT molecular complexity index is 141. The van der Waals surface area contributed by atoms with Crippen LogP contribution in [0.2, 0.25) is 0 Å². The predicted molar refractivity (Wildman–Crippen MR) is 29.8 cm³/mol. The van der Waals surface area contributed by atoms with E-state index in [0.717, 1.165) is 0 Å². The van der Waals surface area contributed by atoms with Crippen molar-refractivity contribution < 1.29 is 13.3 Å². The number of halogens is 1. The zero-order valence-electron chi connectivity index (χ0n) is 4.22. The zero-order chi connectivity index (χ0) is 6.62. The second kappa shape index (κ2) is 3.24. The molecule has 0 aliphatic carbocycles. The summed E-state index contributed by atoms with van der Waals surface area (Å²) in [5.41, 5.74) is 0. The molecule has 0 fully saturated rings. The summed E-state index contributed by atoms with van der Waals surface area (Å²) < 4.78 is 20.5. The Morgan fingerprint density at radius 1 is 1.75 bits per heavy atom. The maximum atomic E-state index is 10.2. The second-order valence-electron chi connectivity index (χ2n) is 1.01. The van der Waals surface area contributed by atoms with E-state index >= 15 is 0 Å². The normalized spacial score (nSPS) is 11.8. The molecule has 0 rings (SSSR count). The third-order valence-corrected chi connectivity index (χ3v) is 1.92. The Labute approximate surface area is 52.8 Å². The number of sulfonamides is 1. The van der Waals surface area contributed by atoms with Crippen molar-refractivity contribution >= 4 is 21.6 Å². The molecular weight excluding hydrogens is 154 g/mol. The highest BCUT2D eigenvalue weighted by molar-refractivity contribution is 7.90. The standard InChI is InChI=1S/C2H6ClNO3S/c1-7-4-8(5,6)2-3/h4H,2H2,1H3. The lowest BCUT2D eigenvalue weighted by atomic mass is 11.7. The number of hydrogen-bond acceptors (Lipinski definition) is 3. The summed E-state index contributed by atoms with van der Waals surface area (Å²) >= 11 is 4.94. The number of alkyl halides is 1. The van der Waals surface area contributed by atoms with Crippen LogP contribution in [0.1, 0.15) is 0 Å². The van der Waals surface area contributed by atoms with Gasteiger partial charge in [0.05, 0.1) is 7.11 Å². The first-order valence-electron chi connectivity index (χ1n) is 1.71. The summed E-state index contributed by atoms with van der Waals surface area (Å²) in [6.45, 7) is 0. The van der Waals surface area contributed by atoms with Crippen LogP contribution in [0.15, 0.2) is 0 Å². The Balaban J connectivity index is 3.76. The average Bonchev–Trinajstić information content (AvgIpc) is 1.67. The number of nitrogens with one attached hydrogen (secondary N) is 1. The topological polar surface area (TPSA) is 55.4 Å². The van der Waals surface area contributed by atoms with E-state index in [1.54, 1.807) is 4.89 Å². The van der Waals surface area contributed by atoms with Crippen LogP contribution in [0, 0.1) is 0 Å². The van der Waals surface area contributed by atoms with Gasteiger partial charge in [-0.2, -0.15) is 0 Å². The van der Waals surface area contributed by atoms with Crippen molar-refractivity contribution in [3.8, 4) is 0 Å². The van der Waals surface area contributed by atoms with Crippen molar-refractivity contribution in [2.75, 3.05) is 12.3 Å². The van der Waals surface area contributed by atoms with Crippen molar-refractivity contribution in [2.45, 2.75) is 0 Å². The second-order valence-corrected chi connectivity index (χ2v) is 3.28. The number of rotatable bonds is 3. The highest BCUT2D eigenvalue weighted by atomic mass is 35.5. The molecule has 0 amide bonds. The molecule has 0 aromatic heterocycles. The fourth-order valence-corrected chi connectivity index (χ4v) is 0.581. The average molecular weight is 160 g/mol. The van der Waals surface area contributed by atoms with Crippen molar-refractivity contribution in [1.29, 1.82) is 0 Å². The minimum atomic E-state index is -3.38. The van der Waals surface area contributed by atoms with Crippen molar-refractivity contribution in [2.24, 2.45) is 0 Å². The molecule has 0 spiro atoms. The summed E-state index contributed by atoms with van der Waals surface area (Å²) in [5, 5.41) is -0.485. The molecule has 1 N–H and O–H groups in total. The van der Waals surface area contributed by atoms with E-state index in [4.69, 9.17) is 11.6 Å². The third-order valence-electron chi connectivity index (χ3n) is 0.354. The van der Waals surface area contributed by atoms with Crippen LogP contribution < -0.4 is 4.89 Å². The molecule has 0 aromatic rings. The van der Waals surface area contributed by atoms with Crippen LogP contribution in [-0.4, -0.2) is 20.7 Å². The molecule has 0 heterocycles. The number of hydrogen-bond donors (Lipinski definition) is 1. The Morgan fingerprint density at radius 3 is 2.38 bits per heavy atom. The molecule has 0 radical (unpaired) electrons. The molecule has 8 heavy (non-hydrogen) atoms. The first-order chi connectivity index (χ1) is 3.62. The molecule has 4 nitrogen and oxygen atoms in total. The van der Waals surface area contributed by atoms with Crippen LogP contribution in [0.5, 0.6) is 0 Å². The van der Waals surface area contributed by atoms with Crippen molar-refractivity contribution in [1.82, 2.24) is 4.89 Å². The van der Waals surface area contributed by atoms with Crippen LogP contribution in [0.3, 0.4) is 0 Å². The van der Waals surface area contributed by atoms with Gasteiger partial charge in [0, 0.05) is 0 Å². The molecule has 0 saturated carbocycles. The first kappa shape index (κ1) is 8.16. The Morgan fingerprint density at radius 2 is 2.25 bits per heavy atom. The van der Waals surface area contributed by atoms with Gasteiger partial charge in [0.25, 0.3) is 0 Å². The highest BCUT2D eigenvalue weighted by Gasteiger charge is 2.03. The molecule has 0 aliphatic heterocycles. The van der Waals surface area contributed by atoms with Crippen LogP contribution >= 0.6 is 11.6 Å². The molecule has 0 bridgehead atoms. The fourth-order valence-electron chi connectivity index (χ4n) is 0.149. The van der Waals surface area contributed by atoms with Gasteiger partial charge in [0.2, 0.25) is 10.0 Å².